The van der Waals surface area contributed by atoms with Crippen molar-refractivity contribution in [1.82, 2.24) is 0 Å². The molecule has 0 aromatic heterocycles. The van der Waals surface area contributed by atoms with Crippen LogP contribution in [0.3, 0.4) is 0 Å². The summed E-state index contributed by atoms with van der Waals surface area (Å²) < 4.78 is 5.27. The second kappa shape index (κ2) is 5.21. The van der Waals surface area contributed by atoms with E-state index in [2.05, 4.69) is 13.2 Å². The lowest BCUT2D eigenvalue weighted by atomic mass is 9.70. The molecule has 2 rings (SSSR count). The number of rotatable bonds is 3. The third-order valence-corrected chi connectivity index (χ3v) is 4.09. The van der Waals surface area contributed by atoms with Crippen LogP contribution in [0.2, 0.25) is 0 Å². The fourth-order valence-electron chi connectivity index (χ4n) is 2.94. The van der Waals surface area contributed by atoms with Gasteiger partial charge in [-0.25, -0.2) is 0 Å². The van der Waals surface area contributed by atoms with Gasteiger partial charge >= 0.3 is 0 Å². The van der Waals surface area contributed by atoms with Gasteiger partial charge in [-0.3, -0.25) is 4.79 Å². The first-order chi connectivity index (χ1) is 8.62. The molecule has 1 saturated heterocycles. The van der Waals surface area contributed by atoms with Gasteiger partial charge < -0.3 is 9.84 Å². The number of hydrogen-bond donors (Lipinski definition) is 1. The van der Waals surface area contributed by atoms with Crippen LogP contribution in [0, 0.1) is 5.92 Å². The van der Waals surface area contributed by atoms with Gasteiger partial charge in [-0.2, -0.15) is 0 Å². The van der Waals surface area contributed by atoms with Gasteiger partial charge in [0, 0.05) is 31.6 Å². The van der Waals surface area contributed by atoms with Gasteiger partial charge in [0.1, 0.15) is 0 Å². The molecule has 1 atom stereocenters. The van der Waals surface area contributed by atoms with E-state index in [1.807, 2.05) is 0 Å². The summed E-state index contributed by atoms with van der Waals surface area (Å²) in [7, 11) is 0. The van der Waals surface area contributed by atoms with Crippen LogP contribution in [0.1, 0.15) is 25.7 Å². The van der Waals surface area contributed by atoms with Gasteiger partial charge in [-0.05, 0) is 18.4 Å². The molecular formula is C15H20O3. The normalized spacial score (nSPS) is 28.1. The second-order valence-electron chi connectivity index (χ2n) is 5.02. The lowest BCUT2D eigenvalue weighted by molar-refractivity contribution is -0.140. The number of aliphatic hydroxyl groups is 1. The van der Waals surface area contributed by atoms with Crippen molar-refractivity contribution in [2.24, 2.45) is 5.92 Å². The highest BCUT2D eigenvalue weighted by Gasteiger charge is 2.44. The summed E-state index contributed by atoms with van der Waals surface area (Å²) in [4.78, 5) is 12.5. The number of hydrogen-bond acceptors (Lipinski definition) is 3. The third-order valence-electron chi connectivity index (χ3n) is 4.09. The first-order valence-corrected chi connectivity index (χ1v) is 6.45. The first-order valence-electron chi connectivity index (χ1n) is 6.45. The third kappa shape index (κ3) is 2.20. The number of allylic oxidation sites excluding steroid dienone is 4. The Morgan fingerprint density at radius 2 is 1.94 bits per heavy atom. The Labute approximate surface area is 108 Å². The van der Waals surface area contributed by atoms with Crippen molar-refractivity contribution < 1.29 is 14.6 Å². The fraction of sp³-hybridized carbons (Fsp3) is 0.533. The topological polar surface area (TPSA) is 46.5 Å². The molecule has 0 aromatic rings. The van der Waals surface area contributed by atoms with Crippen molar-refractivity contribution in [2.45, 2.75) is 31.3 Å². The fourth-order valence-corrected chi connectivity index (χ4v) is 2.94. The summed E-state index contributed by atoms with van der Waals surface area (Å²) >= 11 is 0. The Hall–Kier alpha value is -1.19. The number of ether oxygens (including phenoxy) is 1. The Morgan fingerprint density at radius 3 is 2.50 bits per heavy atom. The number of carbonyl (C=O) groups is 1. The maximum atomic E-state index is 12.5. The molecule has 0 saturated carbocycles. The van der Waals surface area contributed by atoms with E-state index in [1.54, 1.807) is 12.2 Å². The van der Waals surface area contributed by atoms with E-state index < -0.39 is 5.60 Å². The summed E-state index contributed by atoms with van der Waals surface area (Å²) in [5, 5.41) is 10.7. The Morgan fingerprint density at radius 1 is 1.28 bits per heavy atom. The zero-order valence-corrected chi connectivity index (χ0v) is 10.7. The molecule has 0 spiro atoms. The second-order valence-corrected chi connectivity index (χ2v) is 5.02. The van der Waals surface area contributed by atoms with E-state index in [4.69, 9.17) is 4.74 Å². The van der Waals surface area contributed by atoms with Gasteiger partial charge in [-0.15, -0.1) is 0 Å². The molecule has 1 aliphatic heterocycles. The molecular weight excluding hydrogens is 228 g/mol. The molecule has 1 heterocycles. The molecule has 0 aromatic carbocycles. The van der Waals surface area contributed by atoms with Gasteiger partial charge in [-0.1, -0.05) is 25.3 Å². The molecule has 98 valence electrons. The molecule has 1 fully saturated rings. The molecule has 0 radical (unpaired) electrons. The monoisotopic (exact) mass is 248 g/mol. The minimum Gasteiger partial charge on any atom is -0.389 e. The zero-order chi connectivity index (χ0) is 13.2. The van der Waals surface area contributed by atoms with Crippen LogP contribution in [-0.2, 0) is 9.53 Å². The van der Waals surface area contributed by atoms with Crippen molar-refractivity contribution in [3.05, 3.63) is 36.5 Å². The minimum atomic E-state index is -0.906. The van der Waals surface area contributed by atoms with E-state index >= 15 is 0 Å². The number of carbonyl (C=O) groups excluding carboxylic acids is 1. The lowest BCUT2D eigenvalue weighted by Crippen LogP contribution is -2.48. The molecule has 3 nitrogen and oxygen atoms in total. The van der Waals surface area contributed by atoms with Crippen molar-refractivity contribution in [1.29, 1.82) is 0 Å². The van der Waals surface area contributed by atoms with Crippen LogP contribution in [0.4, 0.5) is 0 Å². The largest absolute Gasteiger partial charge is 0.389 e. The molecule has 3 heteroatoms. The number of Topliss-reactive ketones (excluding diaryl/α,β-unsaturated/α-hetero) is 1. The van der Waals surface area contributed by atoms with Crippen LogP contribution in [0.5, 0.6) is 0 Å². The van der Waals surface area contributed by atoms with Crippen molar-refractivity contribution in [2.75, 3.05) is 13.2 Å². The average molecular weight is 248 g/mol. The van der Waals surface area contributed by atoms with Crippen molar-refractivity contribution >= 4 is 5.78 Å². The molecule has 2 aliphatic rings. The standard InChI is InChI=1S/C15H20O3/c1-3-11-5-6-13(14(16)12(11)4-2)15(17)7-9-18-10-8-15/h3-4,13,17H,1-2,5-10H2. The highest BCUT2D eigenvalue weighted by atomic mass is 16.5. The SMILES string of the molecule is C=CC1=C(C=C)C(=O)C(C2(O)CCOCC2)CC1. The van der Waals surface area contributed by atoms with E-state index in [1.165, 1.54) is 0 Å². The number of ketones is 1. The predicted octanol–water partition coefficient (Wildman–Crippen LogP) is 2.18. The highest BCUT2D eigenvalue weighted by molar-refractivity contribution is 6.02. The predicted molar refractivity (Wildman–Crippen MR) is 70.2 cm³/mol. The quantitative estimate of drug-likeness (QED) is 0.832. The molecule has 18 heavy (non-hydrogen) atoms. The van der Waals surface area contributed by atoms with Crippen LogP contribution < -0.4 is 0 Å². The Bertz CT molecular complexity index is 400. The van der Waals surface area contributed by atoms with Crippen LogP contribution in [0.25, 0.3) is 0 Å². The van der Waals surface area contributed by atoms with E-state index in [9.17, 15) is 9.90 Å². The van der Waals surface area contributed by atoms with Gasteiger partial charge in [0.15, 0.2) is 5.78 Å². The van der Waals surface area contributed by atoms with Crippen LogP contribution in [-0.4, -0.2) is 29.7 Å². The maximum absolute atomic E-state index is 12.5. The Balaban J connectivity index is 2.27. The maximum Gasteiger partial charge on any atom is 0.169 e. The molecule has 0 bridgehead atoms. The van der Waals surface area contributed by atoms with Crippen molar-refractivity contribution in [3.63, 3.8) is 0 Å². The summed E-state index contributed by atoms with van der Waals surface area (Å²) in [6.07, 6.45) is 5.86. The smallest absolute Gasteiger partial charge is 0.169 e. The zero-order valence-electron chi connectivity index (χ0n) is 10.7. The summed E-state index contributed by atoms with van der Waals surface area (Å²) in [6.45, 7) is 8.49. The molecule has 1 unspecified atom stereocenters. The summed E-state index contributed by atoms with van der Waals surface area (Å²) in [6, 6.07) is 0. The summed E-state index contributed by atoms with van der Waals surface area (Å²) in [5.74, 6) is -0.311. The average Bonchev–Trinajstić information content (AvgIpc) is 2.38. The summed E-state index contributed by atoms with van der Waals surface area (Å²) in [5.41, 5.74) is 0.666. The molecule has 1 N–H and O–H groups in total. The van der Waals surface area contributed by atoms with E-state index in [0.717, 1.165) is 12.0 Å². The molecule has 0 amide bonds. The molecule has 1 aliphatic carbocycles. The van der Waals surface area contributed by atoms with E-state index in [0.29, 0.717) is 38.0 Å². The van der Waals surface area contributed by atoms with E-state index in [-0.39, 0.29) is 11.7 Å². The van der Waals surface area contributed by atoms with Crippen molar-refractivity contribution in [3.8, 4) is 0 Å². The van der Waals surface area contributed by atoms with Crippen LogP contribution in [0.15, 0.2) is 36.5 Å². The first kappa shape index (κ1) is 13.2. The van der Waals surface area contributed by atoms with Gasteiger partial charge in [0.25, 0.3) is 0 Å². The Kier molecular flexibility index (Phi) is 3.83. The lowest BCUT2D eigenvalue weighted by Gasteiger charge is -2.40. The minimum absolute atomic E-state index is 0.00977. The van der Waals surface area contributed by atoms with Crippen LogP contribution >= 0.6 is 0 Å². The van der Waals surface area contributed by atoms with Gasteiger partial charge in [0.05, 0.1) is 11.5 Å². The highest BCUT2D eigenvalue weighted by Crippen LogP contribution is 2.39. The van der Waals surface area contributed by atoms with Gasteiger partial charge in [0.2, 0.25) is 0 Å².